The van der Waals surface area contributed by atoms with Crippen LogP contribution >= 0.6 is 11.8 Å². The molecule has 0 fully saturated rings. The first-order valence-electron chi connectivity index (χ1n) is 4.68. The molecule has 17 heavy (non-hydrogen) atoms. The average molecular weight is 260 g/mol. The van der Waals surface area contributed by atoms with Crippen LogP contribution in [0.3, 0.4) is 0 Å². The molecule has 1 rings (SSSR count). The second-order valence-electron chi connectivity index (χ2n) is 3.09. The van der Waals surface area contributed by atoms with Gasteiger partial charge >= 0.3 is 5.97 Å². The first kappa shape index (κ1) is 13.6. The van der Waals surface area contributed by atoms with Crippen molar-refractivity contribution in [3.8, 4) is 0 Å². The Hall–Kier alpha value is -1.43. The predicted octanol–water partition coefficient (Wildman–Crippen LogP) is 2.05. The molecule has 0 saturated heterocycles. The van der Waals surface area contributed by atoms with E-state index >= 15 is 0 Å². The molecule has 3 nitrogen and oxygen atoms in total. The SMILES string of the molecule is COC(=O)CSCC(=O)c1c(F)cccc1F. The maximum absolute atomic E-state index is 13.2. The number of rotatable bonds is 5. The zero-order valence-corrected chi connectivity index (χ0v) is 9.85. The number of thioether (sulfide) groups is 1. The van der Waals surface area contributed by atoms with Gasteiger partial charge in [-0.1, -0.05) is 6.07 Å². The van der Waals surface area contributed by atoms with E-state index in [2.05, 4.69) is 4.74 Å². The zero-order chi connectivity index (χ0) is 12.8. The average Bonchev–Trinajstić information content (AvgIpc) is 2.28. The molecule has 0 aromatic heterocycles. The Labute approximate surface area is 101 Å². The van der Waals surface area contributed by atoms with Crippen molar-refractivity contribution in [2.45, 2.75) is 0 Å². The molecule has 0 atom stereocenters. The van der Waals surface area contributed by atoms with Crippen molar-refractivity contribution < 1.29 is 23.1 Å². The minimum absolute atomic E-state index is 0.0295. The van der Waals surface area contributed by atoms with Gasteiger partial charge < -0.3 is 4.74 Å². The third-order valence-electron chi connectivity index (χ3n) is 1.92. The predicted molar refractivity (Wildman–Crippen MR) is 60.0 cm³/mol. The third kappa shape index (κ3) is 3.81. The topological polar surface area (TPSA) is 43.4 Å². The largest absolute Gasteiger partial charge is 0.468 e. The van der Waals surface area contributed by atoms with E-state index in [9.17, 15) is 18.4 Å². The molecule has 92 valence electrons. The summed E-state index contributed by atoms with van der Waals surface area (Å²) in [5.74, 6) is -3.17. The number of carbonyl (C=O) groups is 2. The molecular formula is C11H10F2O3S. The summed E-state index contributed by atoms with van der Waals surface area (Å²) in [5, 5.41) is 0. The molecule has 6 heteroatoms. The van der Waals surface area contributed by atoms with Crippen LogP contribution in [0.2, 0.25) is 0 Å². The van der Waals surface area contributed by atoms with Crippen molar-refractivity contribution >= 4 is 23.5 Å². The van der Waals surface area contributed by atoms with Gasteiger partial charge in [0.2, 0.25) is 0 Å². The summed E-state index contributed by atoms with van der Waals surface area (Å²) in [6, 6.07) is 3.21. The lowest BCUT2D eigenvalue weighted by molar-refractivity contribution is -0.137. The number of ketones is 1. The number of ether oxygens (including phenoxy) is 1. The number of esters is 1. The lowest BCUT2D eigenvalue weighted by Crippen LogP contribution is -2.11. The Morgan fingerprint density at radius 3 is 2.35 bits per heavy atom. The fourth-order valence-electron chi connectivity index (χ4n) is 1.12. The first-order valence-corrected chi connectivity index (χ1v) is 5.83. The van der Waals surface area contributed by atoms with E-state index in [0.29, 0.717) is 0 Å². The Morgan fingerprint density at radius 2 is 1.82 bits per heavy atom. The molecule has 0 aliphatic rings. The van der Waals surface area contributed by atoms with Crippen LogP contribution in [0.1, 0.15) is 10.4 Å². The van der Waals surface area contributed by atoms with Gasteiger partial charge in [-0.3, -0.25) is 9.59 Å². The molecule has 0 saturated carbocycles. The summed E-state index contributed by atoms with van der Waals surface area (Å²) in [5.41, 5.74) is -0.565. The molecule has 0 heterocycles. The first-order chi connectivity index (χ1) is 8.06. The number of carbonyl (C=O) groups excluding carboxylic acids is 2. The van der Waals surface area contributed by atoms with Crippen LogP contribution in [0.15, 0.2) is 18.2 Å². The summed E-state index contributed by atoms with van der Waals surface area (Å²) >= 11 is 0.949. The van der Waals surface area contributed by atoms with Crippen molar-refractivity contribution in [1.82, 2.24) is 0 Å². The van der Waals surface area contributed by atoms with Crippen molar-refractivity contribution in [3.05, 3.63) is 35.4 Å². The fraction of sp³-hybridized carbons (Fsp3) is 0.273. The van der Waals surface area contributed by atoms with Gasteiger partial charge in [-0.05, 0) is 12.1 Å². The summed E-state index contributed by atoms with van der Waals surface area (Å²) in [7, 11) is 1.22. The van der Waals surface area contributed by atoms with Gasteiger partial charge in [0.1, 0.15) is 11.6 Å². The Kier molecular flexibility index (Phi) is 5.09. The number of benzene rings is 1. The highest BCUT2D eigenvalue weighted by molar-refractivity contribution is 8.00. The maximum atomic E-state index is 13.2. The number of methoxy groups -OCH3 is 1. The van der Waals surface area contributed by atoms with E-state index in [4.69, 9.17) is 0 Å². The van der Waals surface area contributed by atoms with Crippen LogP contribution in [0.4, 0.5) is 8.78 Å². The van der Waals surface area contributed by atoms with Gasteiger partial charge in [-0.2, -0.15) is 0 Å². The van der Waals surface area contributed by atoms with Crippen LogP contribution in [0.25, 0.3) is 0 Å². The van der Waals surface area contributed by atoms with E-state index < -0.39 is 29.0 Å². The molecule has 0 bridgehead atoms. The van der Waals surface area contributed by atoms with Gasteiger partial charge in [0.25, 0.3) is 0 Å². The molecule has 1 aromatic carbocycles. The van der Waals surface area contributed by atoms with Crippen molar-refractivity contribution in [1.29, 1.82) is 0 Å². The lowest BCUT2D eigenvalue weighted by atomic mass is 10.1. The molecule has 0 N–H and O–H groups in total. The molecule has 0 aliphatic carbocycles. The molecule has 0 unspecified atom stereocenters. The van der Waals surface area contributed by atoms with Crippen LogP contribution in [0, 0.1) is 11.6 Å². The van der Waals surface area contributed by atoms with Crippen LogP contribution in [-0.4, -0.2) is 30.4 Å². The highest BCUT2D eigenvalue weighted by Crippen LogP contribution is 2.15. The smallest absolute Gasteiger partial charge is 0.315 e. The second kappa shape index (κ2) is 6.34. The van der Waals surface area contributed by atoms with Crippen molar-refractivity contribution in [3.63, 3.8) is 0 Å². The molecule has 0 aliphatic heterocycles. The molecule has 0 radical (unpaired) electrons. The van der Waals surface area contributed by atoms with E-state index in [1.54, 1.807) is 0 Å². The van der Waals surface area contributed by atoms with Crippen LogP contribution in [-0.2, 0) is 9.53 Å². The normalized spacial score (nSPS) is 10.1. The van der Waals surface area contributed by atoms with Crippen LogP contribution < -0.4 is 0 Å². The summed E-state index contributed by atoms with van der Waals surface area (Å²) in [6.07, 6.45) is 0. The monoisotopic (exact) mass is 260 g/mol. The van der Waals surface area contributed by atoms with Gasteiger partial charge in [-0.15, -0.1) is 11.8 Å². The Balaban J connectivity index is 2.61. The summed E-state index contributed by atoms with van der Waals surface area (Å²) in [6.45, 7) is 0. The molecule has 1 aromatic rings. The molecule has 0 amide bonds. The van der Waals surface area contributed by atoms with Crippen molar-refractivity contribution in [2.24, 2.45) is 0 Å². The van der Waals surface area contributed by atoms with E-state index in [1.165, 1.54) is 13.2 Å². The summed E-state index contributed by atoms with van der Waals surface area (Å²) < 4.78 is 30.7. The minimum Gasteiger partial charge on any atom is -0.468 e. The van der Waals surface area contributed by atoms with Gasteiger partial charge in [0.05, 0.1) is 24.2 Å². The van der Waals surface area contributed by atoms with Gasteiger partial charge in [0, 0.05) is 0 Å². The number of Topliss-reactive ketones (excluding diaryl/α,β-unsaturated/α-hetero) is 1. The highest BCUT2D eigenvalue weighted by atomic mass is 32.2. The summed E-state index contributed by atoms with van der Waals surface area (Å²) in [4.78, 5) is 22.3. The molecular weight excluding hydrogens is 250 g/mol. The number of hydrogen-bond acceptors (Lipinski definition) is 4. The number of halogens is 2. The molecule has 0 spiro atoms. The third-order valence-corrected chi connectivity index (χ3v) is 2.83. The highest BCUT2D eigenvalue weighted by Gasteiger charge is 2.17. The maximum Gasteiger partial charge on any atom is 0.315 e. The minimum atomic E-state index is -0.895. The Bertz CT molecular complexity index is 414. The van der Waals surface area contributed by atoms with Gasteiger partial charge in [-0.25, -0.2) is 8.78 Å². The van der Waals surface area contributed by atoms with E-state index in [-0.39, 0.29) is 11.5 Å². The number of hydrogen-bond donors (Lipinski definition) is 0. The quantitative estimate of drug-likeness (QED) is 0.600. The second-order valence-corrected chi connectivity index (χ2v) is 4.07. The van der Waals surface area contributed by atoms with E-state index in [1.807, 2.05) is 0 Å². The van der Waals surface area contributed by atoms with Gasteiger partial charge in [0.15, 0.2) is 5.78 Å². The lowest BCUT2D eigenvalue weighted by Gasteiger charge is -2.03. The van der Waals surface area contributed by atoms with Crippen molar-refractivity contribution in [2.75, 3.05) is 18.6 Å². The standard InChI is InChI=1S/C11H10F2O3S/c1-16-10(15)6-17-5-9(14)11-7(12)3-2-4-8(11)13/h2-4H,5-6H2,1H3. The van der Waals surface area contributed by atoms with E-state index in [0.717, 1.165) is 23.9 Å². The fourth-order valence-corrected chi connectivity index (χ4v) is 1.84. The zero-order valence-electron chi connectivity index (χ0n) is 9.04. The van der Waals surface area contributed by atoms with Crippen LogP contribution in [0.5, 0.6) is 0 Å². The Morgan fingerprint density at radius 1 is 1.24 bits per heavy atom.